The van der Waals surface area contributed by atoms with E-state index >= 15 is 0 Å². The molecule has 0 radical (unpaired) electrons. The minimum absolute atomic E-state index is 0.0564. The first-order chi connectivity index (χ1) is 23.2. The number of benzene rings is 4. The minimum Gasteiger partial charge on any atom is -0.493 e. The fraction of sp³-hybridized carbons (Fsp3) is 0.400. The van der Waals surface area contributed by atoms with Gasteiger partial charge in [-0.05, 0) is 139 Å². The molecule has 4 aromatic rings. The van der Waals surface area contributed by atoms with Crippen LogP contribution in [-0.2, 0) is 5.41 Å². The van der Waals surface area contributed by atoms with Gasteiger partial charge >= 0.3 is 0 Å². The summed E-state index contributed by atoms with van der Waals surface area (Å²) in [7, 11) is 0. The molecular weight excluding hydrogens is 600 g/mol. The van der Waals surface area contributed by atoms with Crippen molar-refractivity contribution in [3.63, 3.8) is 0 Å². The van der Waals surface area contributed by atoms with Gasteiger partial charge in [0, 0.05) is 12.1 Å². The van der Waals surface area contributed by atoms with E-state index in [0.717, 1.165) is 82.1 Å². The first kappa shape index (κ1) is 36.8. The summed E-state index contributed by atoms with van der Waals surface area (Å²) in [4.78, 5) is 0. The van der Waals surface area contributed by atoms with Crippen LogP contribution in [-0.4, -0.2) is 52.6 Å². The normalized spacial score (nSPS) is 11.4. The highest BCUT2D eigenvalue weighted by atomic mass is 16.5. The zero-order chi connectivity index (χ0) is 34.4. The Bertz CT molecular complexity index is 1420. The SMILES string of the molecule is CC(C)(C)c1ccc(-c2cc(-c3cc(OCCCN)cc(OCCCN)c3)cc(-c3cc(OCCCN)cc(OCCCN)c3)c2)cc1. The van der Waals surface area contributed by atoms with Crippen molar-refractivity contribution in [1.82, 2.24) is 0 Å². The van der Waals surface area contributed by atoms with E-state index in [1.54, 1.807) is 0 Å². The number of nitrogens with two attached hydrogens (primary N) is 4. The topological polar surface area (TPSA) is 141 Å². The number of rotatable bonds is 19. The van der Waals surface area contributed by atoms with Crippen LogP contribution < -0.4 is 41.9 Å². The van der Waals surface area contributed by atoms with Crippen molar-refractivity contribution in [2.75, 3.05) is 52.6 Å². The van der Waals surface area contributed by atoms with Crippen LogP contribution >= 0.6 is 0 Å². The lowest BCUT2D eigenvalue weighted by atomic mass is 9.86. The third-order valence-corrected chi connectivity index (χ3v) is 7.91. The van der Waals surface area contributed by atoms with Crippen LogP contribution in [0.5, 0.6) is 23.0 Å². The van der Waals surface area contributed by atoms with E-state index in [2.05, 4.69) is 87.5 Å². The van der Waals surface area contributed by atoms with E-state index in [1.807, 2.05) is 12.1 Å². The van der Waals surface area contributed by atoms with Crippen LogP contribution in [0.2, 0.25) is 0 Å². The Morgan fingerprint density at radius 3 is 0.979 bits per heavy atom. The van der Waals surface area contributed by atoms with Gasteiger partial charge < -0.3 is 41.9 Å². The maximum absolute atomic E-state index is 6.12. The summed E-state index contributed by atoms with van der Waals surface area (Å²) in [5.41, 5.74) is 30.5. The molecular formula is C40H54N4O4. The Hall–Kier alpha value is -4.08. The molecule has 0 aromatic heterocycles. The highest BCUT2D eigenvalue weighted by molar-refractivity contribution is 5.82. The van der Waals surface area contributed by atoms with Gasteiger partial charge in [0.05, 0.1) is 26.4 Å². The smallest absolute Gasteiger partial charge is 0.123 e. The molecule has 0 aliphatic rings. The van der Waals surface area contributed by atoms with Gasteiger partial charge in [0.2, 0.25) is 0 Å². The Morgan fingerprint density at radius 1 is 0.396 bits per heavy atom. The second kappa shape index (κ2) is 18.5. The molecule has 0 aliphatic carbocycles. The highest BCUT2D eigenvalue weighted by Gasteiger charge is 2.16. The maximum Gasteiger partial charge on any atom is 0.123 e. The average molecular weight is 655 g/mol. The molecule has 0 saturated heterocycles. The minimum atomic E-state index is 0.0564. The Kier molecular flexibility index (Phi) is 14.1. The molecule has 48 heavy (non-hydrogen) atoms. The van der Waals surface area contributed by atoms with Gasteiger partial charge in [0.25, 0.3) is 0 Å². The van der Waals surface area contributed by atoms with Gasteiger partial charge in [-0.25, -0.2) is 0 Å². The molecule has 0 spiro atoms. The third-order valence-electron chi connectivity index (χ3n) is 7.91. The molecule has 8 nitrogen and oxygen atoms in total. The van der Waals surface area contributed by atoms with Gasteiger partial charge in [-0.1, -0.05) is 45.0 Å². The molecule has 0 atom stereocenters. The third kappa shape index (κ3) is 11.0. The van der Waals surface area contributed by atoms with Crippen LogP contribution in [0.15, 0.2) is 78.9 Å². The lowest BCUT2D eigenvalue weighted by Gasteiger charge is -2.19. The number of hydrogen-bond donors (Lipinski definition) is 4. The van der Waals surface area contributed by atoms with E-state index in [9.17, 15) is 0 Å². The number of hydrogen-bond acceptors (Lipinski definition) is 8. The summed E-state index contributed by atoms with van der Waals surface area (Å²) in [5, 5.41) is 0. The highest BCUT2D eigenvalue weighted by Crippen LogP contribution is 2.39. The molecule has 0 amide bonds. The number of ether oxygens (including phenoxy) is 4. The van der Waals surface area contributed by atoms with Gasteiger partial charge in [0.15, 0.2) is 0 Å². The van der Waals surface area contributed by atoms with E-state index in [0.29, 0.717) is 52.6 Å². The van der Waals surface area contributed by atoms with Crippen molar-refractivity contribution in [3.8, 4) is 56.4 Å². The molecule has 8 heteroatoms. The standard InChI is InChI=1S/C40H54N4O4/c1-40(2,3)35-10-8-29(9-11-35)30-20-31(33-23-36(45-16-4-12-41)27-37(24-33)46-17-5-13-42)22-32(21-30)34-25-38(47-18-6-14-43)28-39(26-34)48-19-7-15-44/h8-11,20-28H,4-7,12-19,41-44H2,1-3H3. The van der Waals surface area contributed by atoms with Crippen molar-refractivity contribution in [2.24, 2.45) is 22.9 Å². The monoisotopic (exact) mass is 654 g/mol. The van der Waals surface area contributed by atoms with Crippen LogP contribution in [0.4, 0.5) is 0 Å². The Morgan fingerprint density at radius 2 is 0.688 bits per heavy atom. The second-order valence-corrected chi connectivity index (χ2v) is 13.0. The van der Waals surface area contributed by atoms with Crippen molar-refractivity contribution in [2.45, 2.75) is 51.9 Å². The molecule has 4 aromatic carbocycles. The lowest BCUT2D eigenvalue weighted by molar-refractivity contribution is 0.298. The Balaban J connectivity index is 1.86. The molecule has 0 saturated carbocycles. The van der Waals surface area contributed by atoms with Crippen LogP contribution in [0.25, 0.3) is 33.4 Å². The van der Waals surface area contributed by atoms with Gasteiger partial charge in [0.1, 0.15) is 23.0 Å². The maximum atomic E-state index is 6.12. The first-order valence-corrected chi connectivity index (χ1v) is 17.1. The van der Waals surface area contributed by atoms with Crippen molar-refractivity contribution in [1.29, 1.82) is 0 Å². The van der Waals surface area contributed by atoms with Crippen molar-refractivity contribution < 1.29 is 18.9 Å². The van der Waals surface area contributed by atoms with Crippen molar-refractivity contribution in [3.05, 3.63) is 84.4 Å². The zero-order valence-electron chi connectivity index (χ0n) is 28.9. The molecule has 258 valence electrons. The predicted octanol–water partition coefficient (Wildman–Crippen LogP) is 6.90. The van der Waals surface area contributed by atoms with Crippen LogP contribution in [0.3, 0.4) is 0 Å². The molecule has 0 unspecified atom stereocenters. The Labute approximate surface area is 286 Å². The summed E-state index contributed by atoms with van der Waals surface area (Å²) in [5.74, 6) is 2.93. The predicted molar refractivity (Wildman–Crippen MR) is 198 cm³/mol. The summed E-state index contributed by atoms with van der Waals surface area (Å²) in [6.07, 6.45) is 3.04. The fourth-order valence-electron chi connectivity index (χ4n) is 5.19. The summed E-state index contributed by atoms with van der Waals surface area (Å²) in [6.45, 7) is 11.0. The molecule has 0 fully saturated rings. The largest absolute Gasteiger partial charge is 0.493 e. The van der Waals surface area contributed by atoms with Crippen LogP contribution in [0, 0.1) is 0 Å². The van der Waals surface area contributed by atoms with Crippen LogP contribution in [0.1, 0.15) is 52.0 Å². The van der Waals surface area contributed by atoms with Gasteiger partial charge in [-0.15, -0.1) is 0 Å². The van der Waals surface area contributed by atoms with E-state index in [4.69, 9.17) is 41.9 Å². The quantitative estimate of drug-likeness (QED) is 0.0801. The summed E-state index contributed by atoms with van der Waals surface area (Å²) in [6, 6.07) is 27.6. The molecule has 8 N–H and O–H groups in total. The fourth-order valence-corrected chi connectivity index (χ4v) is 5.19. The zero-order valence-corrected chi connectivity index (χ0v) is 28.9. The molecule has 0 heterocycles. The molecule has 0 aliphatic heterocycles. The van der Waals surface area contributed by atoms with E-state index < -0.39 is 0 Å². The lowest BCUT2D eigenvalue weighted by Crippen LogP contribution is -2.10. The summed E-state index contributed by atoms with van der Waals surface area (Å²) < 4.78 is 24.5. The second-order valence-electron chi connectivity index (χ2n) is 13.0. The average Bonchev–Trinajstić information content (AvgIpc) is 3.08. The summed E-state index contributed by atoms with van der Waals surface area (Å²) >= 11 is 0. The van der Waals surface area contributed by atoms with Gasteiger partial charge in [-0.3, -0.25) is 0 Å². The van der Waals surface area contributed by atoms with E-state index in [-0.39, 0.29) is 5.41 Å². The van der Waals surface area contributed by atoms with Gasteiger partial charge in [-0.2, -0.15) is 0 Å². The van der Waals surface area contributed by atoms with E-state index in [1.165, 1.54) is 5.56 Å². The molecule has 4 rings (SSSR count). The molecule has 0 bridgehead atoms. The first-order valence-electron chi connectivity index (χ1n) is 17.1. The van der Waals surface area contributed by atoms with Crippen molar-refractivity contribution >= 4 is 0 Å².